The minimum Gasteiger partial charge on any atom is -0.166 e. The number of benzene rings is 2. The summed E-state index contributed by atoms with van der Waals surface area (Å²) in [6, 6.07) is 8.55. The van der Waals surface area contributed by atoms with Crippen molar-refractivity contribution in [2.24, 2.45) is 0 Å². The molecule has 0 aliphatic rings. The van der Waals surface area contributed by atoms with Crippen molar-refractivity contribution in [3.8, 4) is 0 Å². The molecule has 0 radical (unpaired) electrons. The molecule has 2 aromatic carbocycles. The van der Waals surface area contributed by atoms with Crippen LogP contribution in [0.5, 0.6) is 0 Å². The third kappa shape index (κ3) is 3.92. The summed E-state index contributed by atoms with van der Waals surface area (Å²) in [6.45, 7) is 0. The molecule has 23 heavy (non-hydrogen) atoms. The summed E-state index contributed by atoms with van der Waals surface area (Å²) in [5, 5.41) is -3.63. The summed E-state index contributed by atoms with van der Waals surface area (Å²) < 4.78 is 77.8. The van der Waals surface area contributed by atoms with Crippen LogP contribution in [0.2, 0.25) is 0 Å². The van der Waals surface area contributed by atoms with E-state index >= 15 is 0 Å². The van der Waals surface area contributed by atoms with Crippen LogP contribution < -0.4 is 10.6 Å². The van der Waals surface area contributed by atoms with Crippen LogP contribution in [0.3, 0.4) is 0 Å². The van der Waals surface area contributed by atoms with Gasteiger partial charge in [0.05, 0.1) is 16.4 Å². The lowest BCUT2D eigenvalue weighted by Crippen LogP contribution is -2.22. The van der Waals surface area contributed by atoms with Crippen molar-refractivity contribution in [1.82, 2.24) is 0 Å². The van der Waals surface area contributed by atoms with E-state index in [1.165, 1.54) is 18.2 Å². The molecule has 0 saturated heterocycles. The zero-order chi connectivity index (χ0) is 17.5. The number of rotatable bonds is 2. The molecule has 0 N–H and O–H groups in total. The van der Waals surface area contributed by atoms with Crippen LogP contribution in [-0.2, 0) is 24.2 Å². The summed E-state index contributed by atoms with van der Waals surface area (Å²) >= 11 is 9.39. The molecule has 124 valence electrons. The van der Waals surface area contributed by atoms with E-state index < -0.39 is 28.7 Å². The molecule has 0 aromatic heterocycles. The number of halogens is 6. The maximum absolute atomic E-state index is 13.1. The first-order valence-electron chi connectivity index (χ1n) is 6.11. The van der Waals surface area contributed by atoms with E-state index in [1.54, 1.807) is 0 Å². The lowest BCUT2D eigenvalue weighted by Gasteiger charge is -2.22. The summed E-state index contributed by atoms with van der Waals surface area (Å²) in [6.07, 6.45) is -9.27. The predicted octanol–water partition coefficient (Wildman–Crippen LogP) is 5.00. The molecule has 0 amide bonds. The van der Waals surface area contributed by atoms with Gasteiger partial charge >= 0.3 is 12.4 Å². The molecule has 0 aliphatic heterocycles. The van der Waals surface area contributed by atoms with Crippen LogP contribution in [0.1, 0.15) is 11.1 Å². The molecule has 2 rings (SSSR count). The first kappa shape index (κ1) is 18.4. The molecule has 9 heteroatoms. The molecule has 0 aliphatic carbocycles. The molecule has 0 nitrogen and oxygen atoms in total. The first-order chi connectivity index (χ1) is 10.4. The summed E-state index contributed by atoms with van der Waals surface area (Å²) in [7, 11) is 0. The second-order valence-electron chi connectivity index (χ2n) is 4.64. The highest BCUT2D eigenvalue weighted by Crippen LogP contribution is 2.51. The average molecular weight is 386 g/mol. The minimum absolute atomic E-state index is 0.0395. The Balaban J connectivity index is 2.63. The van der Waals surface area contributed by atoms with E-state index in [0.717, 1.165) is 30.3 Å². The van der Waals surface area contributed by atoms with Crippen molar-refractivity contribution in [2.45, 2.75) is 12.4 Å². The van der Waals surface area contributed by atoms with Gasteiger partial charge in [0, 0.05) is 5.30 Å². The highest BCUT2D eigenvalue weighted by atomic mass is 32.9. The van der Waals surface area contributed by atoms with Crippen LogP contribution in [0, 0.1) is 0 Å². The van der Waals surface area contributed by atoms with Gasteiger partial charge in [0.2, 0.25) is 0 Å². The Labute approximate surface area is 138 Å². The monoisotopic (exact) mass is 386 g/mol. The van der Waals surface area contributed by atoms with E-state index in [1.807, 2.05) is 0 Å². The molecule has 0 bridgehead atoms. The van der Waals surface area contributed by atoms with E-state index in [4.69, 9.17) is 11.8 Å². The topological polar surface area (TPSA) is 0 Å². The largest absolute Gasteiger partial charge is 0.417 e. The third-order valence-corrected chi connectivity index (χ3v) is 7.64. The molecule has 0 spiro atoms. The van der Waals surface area contributed by atoms with Gasteiger partial charge in [-0.05, 0) is 23.5 Å². The SMILES string of the molecule is FC(F)(F)c1cccc(P(=S)(S)c2ccccc2C(F)(F)F)c1. The van der Waals surface area contributed by atoms with Crippen LogP contribution >= 0.6 is 17.5 Å². The van der Waals surface area contributed by atoms with E-state index in [2.05, 4.69) is 12.2 Å². The Kier molecular flexibility index (Phi) is 4.91. The molecule has 1 atom stereocenters. The van der Waals surface area contributed by atoms with Gasteiger partial charge in [0.15, 0.2) is 0 Å². The fourth-order valence-electron chi connectivity index (χ4n) is 1.99. The zero-order valence-corrected chi connectivity index (χ0v) is 13.8. The van der Waals surface area contributed by atoms with Gasteiger partial charge in [-0.25, -0.2) is 0 Å². The van der Waals surface area contributed by atoms with Crippen LogP contribution in [0.25, 0.3) is 0 Å². The Morgan fingerprint density at radius 2 is 1.43 bits per heavy atom. The first-order valence-corrected chi connectivity index (χ1v) is 10.1. The Hall–Kier alpha value is -0.980. The molecule has 0 fully saturated rings. The van der Waals surface area contributed by atoms with E-state index in [9.17, 15) is 26.3 Å². The number of hydrogen-bond donors (Lipinski definition) is 1. The lowest BCUT2D eigenvalue weighted by atomic mass is 10.2. The van der Waals surface area contributed by atoms with Crippen molar-refractivity contribution >= 4 is 39.9 Å². The van der Waals surface area contributed by atoms with Gasteiger partial charge in [-0.3, -0.25) is 0 Å². The Bertz CT molecular complexity index is 766. The highest BCUT2D eigenvalue weighted by molar-refractivity contribution is 8.68. The molecule has 2 aromatic rings. The van der Waals surface area contributed by atoms with Crippen LogP contribution in [0.15, 0.2) is 48.5 Å². The molecule has 1 unspecified atom stereocenters. The second kappa shape index (κ2) is 6.15. The smallest absolute Gasteiger partial charge is 0.166 e. The number of thiol groups is 1. The summed E-state index contributed by atoms with van der Waals surface area (Å²) in [5.74, 6) is 0. The third-order valence-electron chi connectivity index (χ3n) is 3.06. The molecule has 0 saturated carbocycles. The fourth-order valence-corrected chi connectivity index (χ4v) is 5.40. The van der Waals surface area contributed by atoms with Crippen molar-refractivity contribution < 1.29 is 26.3 Å². The number of alkyl halides is 6. The van der Waals surface area contributed by atoms with Gasteiger partial charge < -0.3 is 0 Å². The number of hydrogen-bond acceptors (Lipinski definition) is 1. The molecule has 0 heterocycles. The minimum atomic E-state index is -4.66. The van der Waals surface area contributed by atoms with Crippen LogP contribution in [-0.4, -0.2) is 0 Å². The van der Waals surface area contributed by atoms with E-state index in [0.29, 0.717) is 0 Å². The highest BCUT2D eigenvalue weighted by Gasteiger charge is 2.37. The zero-order valence-electron chi connectivity index (χ0n) is 11.2. The van der Waals surface area contributed by atoms with Gasteiger partial charge in [-0.15, -0.1) is 12.2 Å². The van der Waals surface area contributed by atoms with Crippen molar-refractivity contribution in [1.29, 1.82) is 0 Å². The Morgan fingerprint density at radius 1 is 0.826 bits per heavy atom. The van der Waals surface area contributed by atoms with Crippen LogP contribution in [0.4, 0.5) is 26.3 Å². The molecular weight excluding hydrogens is 377 g/mol. The average Bonchev–Trinajstić information content (AvgIpc) is 2.45. The van der Waals surface area contributed by atoms with Gasteiger partial charge in [0.1, 0.15) is 0 Å². The van der Waals surface area contributed by atoms with E-state index in [-0.39, 0.29) is 10.6 Å². The maximum atomic E-state index is 13.1. The Morgan fingerprint density at radius 3 is 2.00 bits per heavy atom. The standard InChI is InChI=1S/C14H9F6PS2/c15-13(16,17)9-4-3-5-10(8-9)21(22,23)12-7-2-1-6-11(12)14(18,19)20/h1-8H,(H,22,23). The second-order valence-corrected chi connectivity index (χ2v) is 11.0. The maximum Gasteiger partial charge on any atom is 0.417 e. The summed E-state index contributed by atoms with van der Waals surface area (Å²) in [4.78, 5) is 0. The normalized spacial score (nSPS) is 15.3. The quantitative estimate of drug-likeness (QED) is 0.431. The van der Waals surface area contributed by atoms with Crippen molar-refractivity contribution in [3.63, 3.8) is 0 Å². The fraction of sp³-hybridized carbons (Fsp3) is 0.143. The van der Waals surface area contributed by atoms with Gasteiger partial charge in [-0.2, -0.15) is 26.3 Å². The van der Waals surface area contributed by atoms with Crippen molar-refractivity contribution in [2.75, 3.05) is 0 Å². The van der Waals surface area contributed by atoms with Gasteiger partial charge in [-0.1, -0.05) is 42.1 Å². The summed E-state index contributed by atoms with van der Waals surface area (Å²) in [5.41, 5.74) is -1.95. The lowest BCUT2D eigenvalue weighted by molar-refractivity contribution is -0.138. The van der Waals surface area contributed by atoms with Gasteiger partial charge in [0.25, 0.3) is 0 Å². The van der Waals surface area contributed by atoms with Crippen molar-refractivity contribution in [3.05, 3.63) is 59.7 Å². The molecular formula is C14H9F6PS2. The predicted molar refractivity (Wildman–Crippen MR) is 85.4 cm³/mol.